The van der Waals surface area contributed by atoms with Gasteiger partial charge < -0.3 is 9.73 Å². The van der Waals surface area contributed by atoms with Crippen molar-refractivity contribution in [2.24, 2.45) is 0 Å². The predicted octanol–water partition coefficient (Wildman–Crippen LogP) is 4.00. The molecule has 1 N–H and O–H groups in total. The summed E-state index contributed by atoms with van der Waals surface area (Å²) in [5, 5.41) is 2.71. The van der Waals surface area contributed by atoms with E-state index in [-0.39, 0.29) is 17.7 Å². The lowest BCUT2D eigenvalue weighted by atomic mass is 9.86. The number of hydrogen-bond acceptors (Lipinski definition) is 5. The van der Waals surface area contributed by atoms with Gasteiger partial charge in [-0.1, -0.05) is 45.0 Å². The fraction of sp³-hybridized carbons (Fsp3) is 0.300. The largest absolute Gasteiger partial charge is 0.448 e. The topological polar surface area (TPSA) is 80.9 Å². The number of carbonyl (C=O) groups excluding carboxylic acids is 1. The fourth-order valence-corrected chi connectivity index (χ4v) is 2.49. The minimum atomic E-state index is -0.141. The van der Waals surface area contributed by atoms with E-state index in [9.17, 15) is 4.79 Å². The summed E-state index contributed by atoms with van der Waals surface area (Å²) in [6.45, 7) is 6.55. The molecule has 3 aromatic rings. The van der Waals surface area contributed by atoms with Gasteiger partial charge in [0.05, 0.1) is 0 Å². The summed E-state index contributed by atoms with van der Waals surface area (Å²) in [7, 11) is 0. The van der Waals surface area contributed by atoms with E-state index in [1.54, 1.807) is 18.5 Å². The number of amides is 1. The number of nitrogens with zero attached hydrogens (tertiary/aromatic N) is 3. The lowest BCUT2D eigenvalue weighted by Crippen LogP contribution is -2.13. The van der Waals surface area contributed by atoms with E-state index in [0.717, 1.165) is 11.3 Å². The molecule has 0 saturated heterocycles. The van der Waals surface area contributed by atoms with E-state index < -0.39 is 0 Å². The highest BCUT2D eigenvalue weighted by Crippen LogP contribution is 2.26. The number of aromatic nitrogens is 3. The van der Waals surface area contributed by atoms with E-state index in [1.807, 2.05) is 12.1 Å². The standard InChI is InChI=1S/C20H22N4O2/c1-20(2,3)15-6-4-14(5-7-15)16-12-26-19(23-16)9-8-18(25)24-17-10-11-21-13-22-17/h4-7,10-13H,8-9H2,1-3H3,(H,21,22,24,25). The van der Waals surface area contributed by atoms with Crippen LogP contribution in [0.5, 0.6) is 0 Å². The van der Waals surface area contributed by atoms with Crippen molar-refractivity contribution in [1.29, 1.82) is 0 Å². The monoisotopic (exact) mass is 350 g/mol. The van der Waals surface area contributed by atoms with Crippen LogP contribution in [0.15, 0.2) is 53.5 Å². The Morgan fingerprint density at radius 3 is 2.58 bits per heavy atom. The molecule has 0 aliphatic carbocycles. The summed E-state index contributed by atoms with van der Waals surface area (Å²) >= 11 is 0. The lowest BCUT2D eigenvalue weighted by Gasteiger charge is -2.18. The molecule has 6 nitrogen and oxygen atoms in total. The molecule has 2 aromatic heterocycles. The summed E-state index contributed by atoms with van der Waals surface area (Å²) in [5.41, 5.74) is 3.16. The summed E-state index contributed by atoms with van der Waals surface area (Å²) in [6, 6.07) is 9.95. The molecule has 2 heterocycles. The molecule has 0 atom stereocenters. The SMILES string of the molecule is CC(C)(C)c1ccc(-c2coc(CCC(=O)Nc3ccncn3)n2)cc1. The Labute approximate surface area is 152 Å². The van der Waals surface area contributed by atoms with E-state index in [0.29, 0.717) is 18.1 Å². The molecule has 0 radical (unpaired) electrons. The van der Waals surface area contributed by atoms with Crippen LogP contribution in [0.25, 0.3) is 11.3 Å². The molecule has 0 unspecified atom stereocenters. The number of rotatable bonds is 5. The van der Waals surface area contributed by atoms with Crippen LogP contribution in [-0.4, -0.2) is 20.9 Å². The molecule has 0 aliphatic rings. The summed E-state index contributed by atoms with van der Waals surface area (Å²) < 4.78 is 5.50. The molecule has 0 bridgehead atoms. The molecule has 1 amide bonds. The van der Waals surface area contributed by atoms with Crippen LogP contribution in [0.3, 0.4) is 0 Å². The van der Waals surface area contributed by atoms with E-state index in [1.165, 1.54) is 11.9 Å². The number of benzene rings is 1. The average Bonchev–Trinajstić information content (AvgIpc) is 3.09. The minimum absolute atomic E-state index is 0.116. The smallest absolute Gasteiger partial charge is 0.226 e. The second-order valence-corrected chi connectivity index (χ2v) is 7.10. The second-order valence-electron chi connectivity index (χ2n) is 7.10. The third kappa shape index (κ3) is 4.53. The number of aryl methyl sites for hydroxylation is 1. The van der Waals surface area contributed by atoms with Gasteiger partial charge in [0.15, 0.2) is 5.89 Å². The molecular weight excluding hydrogens is 328 g/mol. The van der Waals surface area contributed by atoms with Gasteiger partial charge in [0.1, 0.15) is 24.1 Å². The van der Waals surface area contributed by atoms with Crippen molar-refractivity contribution in [2.45, 2.75) is 39.0 Å². The quantitative estimate of drug-likeness (QED) is 0.752. The zero-order valence-corrected chi connectivity index (χ0v) is 15.2. The summed E-state index contributed by atoms with van der Waals surface area (Å²) in [6.07, 6.45) is 5.29. The van der Waals surface area contributed by atoms with Crippen LogP contribution >= 0.6 is 0 Å². The minimum Gasteiger partial charge on any atom is -0.448 e. The van der Waals surface area contributed by atoms with Crippen LogP contribution < -0.4 is 5.32 Å². The first-order valence-corrected chi connectivity index (χ1v) is 8.53. The van der Waals surface area contributed by atoms with E-state index >= 15 is 0 Å². The number of anilines is 1. The number of oxazole rings is 1. The summed E-state index contributed by atoms with van der Waals surface area (Å²) in [5.74, 6) is 0.882. The zero-order valence-electron chi connectivity index (χ0n) is 15.2. The highest BCUT2D eigenvalue weighted by Gasteiger charge is 2.14. The second kappa shape index (κ2) is 7.47. The Bertz CT molecular complexity index is 865. The van der Waals surface area contributed by atoms with Gasteiger partial charge in [0.25, 0.3) is 0 Å². The predicted molar refractivity (Wildman–Crippen MR) is 99.6 cm³/mol. The van der Waals surface area contributed by atoms with Gasteiger partial charge in [-0.25, -0.2) is 15.0 Å². The molecule has 0 fully saturated rings. The zero-order chi connectivity index (χ0) is 18.6. The molecule has 0 saturated carbocycles. The normalized spacial score (nSPS) is 11.3. The van der Waals surface area contributed by atoms with Gasteiger partial charge >= 0.3 is 0 Å². The average molecular weight is 350 g/mol. The molecule has 134 valence electrons. The Balaban J connectivity index is 1.58. The van der Waals surface area contributed by atoms with Crippen molar-refractivity contribution in [1.82, 2.24) is 15.0 Å². The van der Waals surface area contributed by atoms with Crippen molar-refractivity contribution < 1.29 is 9.21 Å². The van der Waals surface area contributed by atoms with E-state index in [2.05, 4.69) is 53.2 Å². The Morgan fingerprint density at radius 1 is 1.15 bits per heavy atom. The van der Waals surface area contributed by atoms with Crippen molar-refractivity contribution in [2.75, 3.05) is 5.32 Å². The summed E-state index contributed by atoms with van der Waals surface area (Å²) in [4.78, 5) is 24.2. The molecule has 6 heteroatoms. The fourth-order valence-electron chi connectivity index (χ4n) is 2.49. The van der Waals surface area contributed by atoms with Crippen molar-refractivity contribution in [3.05, 3.63) is 60.6 Å². The molecule has 3 rings (SSSR count). The highest BCUT2D eigenvalue weighted by atomic mass is 16.3. The van der Waals surface area contributed by atoms with Crippen LogP contribution in [0, 0.1) is 0 Å². The van der Waals surface area contributed by atoms with Crippen LogP contribution in [0.1, 0.15) is 38.6 Å². The Hall–Kier alpha value is -3.02. The third-order valence-corrected chi connectivity index (χ3v) is 4.01. The Morgan fingerprint density at radius 2 is 1.92 bits per heavy atom. The third-order valence-electron chi connectivity index (χ3n) is 4.01. The lowest BCUT2D eigenvalue weighted by molar-refractivity contribution is -0.116. The van der Waals surface area contributed by atoms with Gasteiger partial charge in [-0.3, -0.25) is 4.79 Å². The van der Waals surface area contributed by atoms with Gasteiger partial charge in [0.2, 0.25) is 5.91 Å². The highest BCUT2D eigenvalue weighted by molar-refractivity contribution is 5.89. The molecule has 0 spiro atoms. The van der Waals surface area contributed by atoms with Crippen molar-refractivity contribution in [3.8, 4) is 11.3 Å². The first-order chi connectivity index (χ1) is 12.4. The van der Waals surface area contributed by atoms with Crippen molar-refractivity contribution in [3.63, 3.8) is 0 Å². The maximum atomic E-state index is 12.0. The number of nitrogens with one attached hydrogen (secondary N) is 1. The molecule has 1 aromatic carbocycles. The number of hydrogen-bond donors (Lipinski definition) is 1. The van der Waals surface area contributed by atoms with Gasteiger partial charge in [0, 0.05) is 24.6 Å². The van der Waals surface area contributed by atoms with Crippen LogP contribution in [0.2, 0.25) is 0 Å². The maximum Gasteiger partial charge on any atom is 0.226 e. The van der Waals surface area contributed by atoms with Gasteiger partial charge in [-0.2, -0.15) is 0 Å². The first kappa shape index (κ1) is 17.8. The van der Waals surface area contributed by atoms with Crippen molar-refractivity contribution >= 4 is 11.7 Å². The molecule has 26 heavy (non-hydrogen) atoms. The van der Waals surface area contributed by atoms with Crippen LogP contribution in [-0.2, 0) is 16.6 Å². The van der Waals surface area contributed by atoms with Gasteiger partial charge in [-0.15, -0.1) is 0 Å². The van der Waals surface area contributed by atoms with Gasteiger partial charge in [-0.05, 0) is 17.0 Å². The Kier molecular flexibility index (Phi) is 5.11. The van der Waals surface area contributed by atoms with E-state index in [4.69, 9.17) is 4.42 Å². The molecular formula is C20H22N4O2. The molecule has 0 aliphatic heterocycles. The maximum absolute atomic E-state index is 12.0. The first-order valence-electron chi connectivity index (χ1n) is 8.53. The van der Waals surface area contributed by atoms with Crippen LogP contribution in [0.4, 0.5) is 5.82 Å². The number of carbonyl (C=O) groups is 1.